The number of esters is 1. The number of nitrogens with one attached hydrogen (secondary N) is 1. The van der Waals surface area contributed by atoms with Gasteiger partial charge in [0.25, 0.3) is 5.91 Å². The van der Waals surface area contributed by atoms with Crippen molar-refractivity contribution in [2.45, 2.75) is 11.8 Å². The minimum Gasteiger partial charge on any atom is -0.452 e. The normalized spacial score (nSPS) is 10.4. The molecule has 0 fully saturated rings. The summed E-state index contributed by atoms with van der Waals surface area (Å²) in [5.41, 5.74) is 0.910. The van der Waals surface area contributed by atoms with Gasteiger partial charge in [-0.1, -0.05) is 12.1 Å². The van der Waals surface area contributed by atoms with Crippen molar-refractivity contribution in [1.29, 1.82) is 0 Å². The molecule has 1 rings (SSSR count). The second kappa shape index (κ2) is 8.37. The Labute approximate surface area is 117 Å². The SMILES string of the molecule is CCNC(=O)COC(=O)/C=C/c1ccc(SC)cc1. The van der Waals surface area contributed by atoms with Crippen LogP contribution < -0.4 is 5.32 Å². The lowest BCUT2D eigenvalue weighted by Crippen LogP contribution is -2.28. The van der Waals surface area contributed by atoms with Gasteiger partial charge in [-0.15, -0.1) is 11.8 Å². The Balaban J connectivity index is 2.42. The third-order valence-electron chi connectivity index (χ3n) is 2.25. The van der Waals surface area contributed by atoms with Crippen LogP contribution in [0.2, 0.25) is 0 Å². The van der Waals surface area contributed by atoms with E-state index in [1.165, 1.54) is 6.08 Å². The van der Waals surface area contributed by atoms with Crippen LogP contribution in [0.1, 0.15) is 12.5 Å². The number of rotatable bonds is 6. The molecule has 0 aliphatic rings. The first-order valence-electron chi connectivity index (χ1n) is 5.91. The van der Waals surface area contributed by atoms with Crippen LogP contribution in [0.15, 0.2) is 35.2 Å². The van der Waals surface area contributed by atoms with Crippen LogP contribution in [0.25, 0.3) is 6.08 Å². The molecule has 1 amide bonds. The molecule has 19 heavy (non-hydrogen) atoms. The van der Waals surface area contributed by atoms with Crippen molar-refractivity contribution in [3.8, 4) is 0 Å². The Hall–Kier alpha value is -1.75. The molecule has 0 spiro atoms. The van der Waals surface area contributed by atoms with Crippen LogP contribution in [0.3, 0.4) is 0 Å². The zero-order valence-electron chi connectivity index (χ0n) is 11.0. The van der Waals surface area contributed by atoms with E-state index in [2.05, 4.69) is 5.32 Å². The zero-order valence-corrected chi connectivity index (χ0v) is 11.8. The summed E-state index contributed by atoms with van der Waals surface area (Å²) in [4.78, 5) is 23.6. The zero-order chi connectivity index (χ0) is 14.1. The monoisotopic (exact) mass is 279 g/mol. The highest BCUT2D eigenvalue weighted by Gasteiger charge is 2.02. The summed E-state index contributed by atoms with van der Waals surface area (Å²) in [6.07, 6.45) is 4.97. The molecule has 0 aliphatic heterocycles. The number of ether oxygens (including phenoxy) is 1. The lowest BCUT2D eigenvalue weighted by molar-refractivity contribution is -0.143. The topological polar surface area (TPSA) is 55.4 Å². The molecule has 0 heterocycles. The summed E-state index contributed by atoms with van der Waals surface area (Å²) in [7, 11) is 0. The number of amides is 1. The number of benzene rings is 1. The second-order valence-electron chi connectivity index (χ2n) is 3.67. The van der Waals surface area contributed by atoms with Gasteiger partial charge < -0.3 is 10.1 Å². The first kappa shape index (κ1) is 15.3. The molecule has 0 atom stereocenters. The molecule has 0 saturated carbocycles. The molecule has 1 N–H and O–H groups in total. The Bertz CT molecular complexity index is 454. The largest absolute Gasteiger partial charge is 0.452 e. The fraction of sp³-hybridized carbons (Fsp3) is 0.286. The molecule has 0 aromatic heterocycles. The highest BCUT2D eigenvalue weighted by atomic mass is 32.2. The van der Waals surface area contributed by atoms with Gasteiger partial charge in [0.05, 0.1) is 0 Å². The highest BCUT2D eigenvalue weighted by molar-refractivity contribution is 7.98. The van der Waals surface area contributed by atoms with Gasteiger partial charge in [-0.05, 0) is 37.0 Å². The number of hydrogen-bond acceptors (Lipinski definition) is 4. The van der Waals surface area contributed by atoms with Gasteiger partial charge in [-0.25, -0.2) is 4.79 Å². The van der Waals surface area contributed by atoms with Crippen molar-refractivity contribution in [3.63, 3.8) is 0 Å². The quantitative estimate of drug-likeness (QED) is 0.492. The van der Waals surface area contributed by atoms with E-state index in [4.69, 9.17) is 4.74 Å². The van der Waals surface area contributed by atoms with E-state index < -0.39 is 5.97 Å². The molecule has 0 unspecified atom stereocenters. The minimum atomic E-state index is -0.528. The maximum Gasteiger partial charge on any atom is 0.331 e. The fourth-order valence-corrected chi connectivity index (χ4v) is 1.72. The third kappa shape index (κ3) is 6.10. The number of likely N-dealkylation sites (N-methyl/N-ethyl adjacent to an activating group) is 1. The molecule has 0 radical (unpaired) electrons. The first-order valence-corrected chi connectivity index (χ1v) is 7.13. The van der Waals surface area contributed by atoms with Crippen molar-refractivity contribution in [3.05, 3.63) is 35.9 Å². The van der Waals surface area contributed by atoms with Gasteiger partial charge in [-0.2, -0.15) is 0 Å². The smallest absolute Gasteiger partial charge is 0.331 e. The van der Waals surface area contributed by atoms with Crippen molar-refractivity contribution in [2.24, 2.45) is 0 Å². The van der Waals surface area contributed by atoms with Gasteiger partial charge >= 0.3 is 5.97 Å². The highest BCUT2D eigenvalue weighted by Crippen LogP contribution is 2.15. The first-order chi connectivity index (χ1) is 9.15. The average Bonchev–Trinajstić information content (AvgIpc) is 2.44. The van der Waals surface area contributed by atoms with Gasteiger partial charge in [0.15, 0.2) is 6.61 Å². The molecule has 5 heteroatoms. The predicted octanol–water partition coefficient (Wildman–Crippen LogP) is 2.10. The summed E-state index contributed by atoms with van der Waals surface area (Å²) in [6, 6.07) is 7.79. The van der Waals surface area contributed by atoms with Crippen LogP contribution in [0, 0.1) is 0 Å². The Morgan fingerprint density at radius 3 is 2.58 bits per heavy atom. The summed E-state index contributed by atoms with van der Waals surface area (Å²) < 4.78 is 4.78. The van der Waals surface area contributed by atoms with E-state index in [9.17, 15) is 9.59 Å². The Morgan fingerprint density at radius 2 is 2.00 bits per heavy atom. The molecular weight excluding hydrogens is 262 g/mol. The van der Waals surface area contributed by atoms with Crippen molar-refractivity contribution in [2.75, 3.05) is 19.4 Å². The van der Waals surface area contributed by atoms with Crippen molar-refractivity contribution < 1.29 is 14.3 Å². The van der Waals surface area contributed by atoms with E-state index in [1.54, 1.807) is 24.8 Å². The summed E-state index contributed by atoms with van der Waals surface area (Å²) >= 11 is 1.66. The van der Waals surface area contributed by atoms with Crippen LogP contribution in [0.4, 0.5) is 0 Å². The molecule has 1 aromatic carbocycles. The molecule has 0 aliphatic carbocycles. The van der Waals surface area contributed by atoms with Crippen molar-refractivity contribution >= 4 is 29.7 Å². The van der Waals surface area contributed by atoms with Crippen LogP contribution >= 0.6 is 11.8 Å². The Kier molecular flexibility index (Phi) is 6.74. The number of thioether (sulfide) groups is 1. The summed E-state index contributed by atoms with van der Waals surface area (Å²) in [6.45, 7) is 2.08. The van der Waals surface area contributed by atoms with Crippen LogP contribution in [0.5, 0.6) is 0 Å². The van der Waals surface area contributed by atoms with Crippen LogP contribution in [-0.2, 0) is 14.3 Å². The third-order valence-corrected chi connectivity index (χ3v) is 2.99. The summed E-state index contributed by atoms with van der Waals surface area (Å²) in [5.74, 6) is -0.825. The van der Waals surface area contributed by atoms with Gasteiger partial charge in [-0.3, -0.25) is 4.79 Å². The number of carbonyl (C=O) groups excluding carboxylic acids is 2. The van der Waals surface area contributed by atoms with E-state index in [0.717, 1.165) is 10.5 Å². The molecule has 0 saturated heterocycles. The van der Waals surface area contributed by atoms with Gasteiger partial charge in [0.2, 0.25) is 0 Å². The molecule has 0 bridgehead atoms. The van der Waals surface area contributed by atoms with E-state index >= 15 is 0 Å². The Morgan fingerprint density at radius 1 is 1.32 bits per heavy atom. The van der Waals surface area contributed by atoms with E-state index in [1.807, 2.05) is 30.5 Å². The summed E-state index contributed by atoms with van der Waals surface area (Å²) in [5, 5.41) is 2.54. The average molecular weight is 279 g/mol. The molecule has 1 aromatic rings. The molecular formula is C14H17NO3S. The maximum absolute atomic E-state index is 11.4. The van der Waals surface area contributed by atoms with Crippen molar-refractivity contribution in [1.82, 2.24) is 5.32 Å². The molecule has 4 nitrogen and oxygen atoms in total. The van der Waals surface area contributed by atoms with E-state index in [-0.39, 0.29) is 12.5 Å². The van der Waals surface area contributed by atoms with Gasteiger partial charge in [0.1, 0.15) is 0 Å². The fourth-order valence-electron chi connectivity index (χ4n) is 1.31. The van der Waals surface area contributed by atoms with Gasteiger partial charge in [0, 0.05) is 17.5 Å². The lowest BCUT2D eigenvalue weighted by atomic mass is 10.2. The predicted molar refractivity (Wildman–Crippen MR) is 76.9 cm³/mol. The molecule has 102 valence electrons. The lowest BCUT2D eigenvalue weighted by Gasteiger charge is -2.02. The number of carbonyl (C=O) groups is 2. The van der Waals surface area contributed by atoms with Crippen LogP contribution in [-0.4, -0.2) is 31.3 Å². The second-order valence-corrected chi connectivity index (χ2v) is 4.55. The maximum atomic E-state index is 11.4. The standard InChI is InChI=1S/C14H17NO3S/c1-3-15-13(16)10-18-14(17)9-6-11-4-7-12(19-2)8-5-11/h4-9H,3,10H2,1-2H3,(H,15,16)/b9-6+. The number of hydrogen-bond donors (Lipinski definition) is 1. The van der Waals surface area contributed by atoms with E-state index in [0.29, 0.717) is 6.54 Å². The minimum absolute atomic E-state index is 0.248.